The second-order valence-corrected chi connectivity index (χ2v) is 8.74. The summed E-state index contributed by atoms with van der Waals surface area (Å²) in [6.45, 7) is 13.2. The van der Waals surface area contributed by atoms with Crippen molar-refractivity contribution in [1.82, 2.24) is 4.98 Å². The minimum absolute atomic E-state index is 0.221. The van der Waals surface area contributed by atoms with Crippen LogP contribution in [0.3, 0.4) is 0 Å². The number of anilines is 1. The number of nitriles is 1. The van der Waals surface area contributed by atoms with Gasteiger partial charge in [-0.3, -0.25) is 4.98 Å². The van der Waals surface area contributed by atoms with Gasteiger partial charge in [0.15, 0.2) is 11.6 Å². The van der Waals surface area contributed by atoms with E-state index in [0.29, 0.717) is 11.3 Å². The third-order valence-corrected chi connectivity index (χ3v) is 5.61. The largest absolute Gasteiger partial charge is 0.494 e. The monoisotopic (exact) mass is 555 g/mol. The van der Waals surface area contributed by atoms with Crippen molar-refractivity contribution in [2.75, 3.05) is 12.4 Å². The number of pyridine rings is 1. The van der Waals surface area contributed by atoms with Crippen LogP contribution in [0.2, 0.25) is 0 Å². The molecule has 1 aliphatic rings. The first-order valence-electron chi connectivity index (χ1n) is 13.3. The maximum atomic E-state index is 13.1. The van der Waals surface area contributed by atoms with Crippen molar-refractivity contribution in [3.63, 3.8) is 0 Å². The smallest absolute Gasteiger partial charge is 0.408 e. The Morgan fingerprint density at radius 2 is 1.79 bits per heavy atom. The molecule has 0 saturated heterocycles. The quantitative estimate of drug-likeness (QED) is 0.346. The van der Waals surface area contributed by atoms with Gasteiger partial charge in [-0.2, -0.15) is 18.4 Å². The van der Waals surface area contributed by atoms with Crippen LogP contribution in [0.4, 0.5) is 23.2 Å². The molecule has 1 aromatic carbocycles. The number of hydrogen-bond acceptors (Lipinski definition) is 5. The zero-order valence-electron chi connectivity index (χ0n) is 24.4. The first-order valence-corrected chi connectivity index (χ1v) is 13.3. The fraction of sp³-hybridized carbons (Fsp3) is 0.567. The standard InChI is InChI=1S/C14H19F3N2.C10H10FNO.C3H8.C2H6.CH2O/c1-10(14(15,16)17)19-13-8-7-12(18-9-13)6-5-11-3-2-4-11;1-7-5-10(13-2)9(11)6-8(7)3-4-12;1-3-2;2*1-2/h7-11,19H,2-6H2,1H3;5-6H,3H2,1-2H3;3H2,1-2H3;1-2H3;1H2. The summed E-state index contributed by atoms with van der Waals surface area (Å²) in [5.74, 6) is 0.627. The van der Waals surface area contributed by atoms with Crippen molar-refractivity contribution in [1.29, 1.82) is 5.26 Å². The minimum atomic E-state index is -4.23. The summed E-state index contributed by atoms with van der Waals surface area (Å²) in [5.41, 5.74) is 2.95. The highest BCUT2D eigenvalue weighted by Gasteiger charge is 2.35. The van der Waals surface area contributed by atoms with Crippen LogP contribution in [0.15, 0.2) is 30.5 Å². The van der Waals surface area contributed by atoms with Crippen LogP contribution >= 0.6 is 0 Å². The number of rotatable bonds is 7. The fourth-order valence-corrected chi connectivity index (χ4v) is 3.25. The van der Waals surface area contributed by atoms with E-state index >= 15 is 0 Å². The highest BCUT2D eigenvalue weighted by molar-refractivity contribution is 5.42. The Kier molecular flexibility index (Phi) is 21.2. The summed E-state index contributed by atoms with van der Waals surface area (Å²) in [4.78, 5) is 12.2. The van der Waals surface area contributed by atoms with E-state index in [1.807, 2.05) is 39.7 Å². The Morgan fingerprint density at radius 3 is 2.21 bits per heavy atom. The fourth-order valence-electron chi connectivity index (χ4n) is 3.25. The lowest BCUT2D eigenvalue weighted by Crippen LogP contribution is -2.33. The van der Waals surface area contributed by atoms with Gasteiger partial charge in [0.2, 0.25) is 0 Å². The van der Waals surface area contributed by atoms with Crippen molar-refractivity contribution < 1.29 is 27.1 Å². The lowest BCUT2D eigenvalue weighted by molar-refractivity contribution is -0.138. The van der Waals surface area contributed by atoms with Crippen molar-refractivity contribution in [3.8, 4) is 11.8 Å². The van der Waals surface area contributed by atoms with Crippen LogP contribution in [-0.4, -0.2) is 31.1 Å². The van der Waals surface area contributed by atoms with Crippen LogP contribution < -0.4 is 10.1 Å². The molecule has 1 N–H and O–H groups in total. The van der Waals surface area contributed by atoms with Crippen LogP contribution in [0.5, 0.6) is 5.75 Å². The van der Waals surface area contributed by atoms with Gasteiger partial charge >= 0.3 is 6.18 Å². The van der Waals surface area contributed by atoms with Crippen LogP contribution in [0.25, 0.3) is 0 Å². The number of aromatic nitrogens is 1. The third-order valence-electron chi connectivity index (χ3n) is 5.61. The number of hydrogen-bond donors (Lipinski definition) is 1. The predicted molar refractivity (Wildman–Crippen MR) is 150 cm³/mol. The van der Waals surface area contributed by atoms with Gasteiger partial charge in [0.1, 0.15) is 12.8 Å². The van der Waals surface area contributed by atoms with Gasteiger partial charge in [0, 0.05) is 5.69 Å². The molecule has 0 amide bonds. The maximum Gasteiger partial charge on any atom is 0.408 e. The van der Waals surface area contributed by atoms with Gasteiger partial charge in [-0.05, 0) is 68.0 Å². The summed E-state index contributed by atoms with van der Waals surface area (Å²) in [6, 6.07) is 6.85. The number of alkyl halides is 3. The molecule has 1 unspecified atom stereocenters. The van der Waals surface area contributed by atoms with E-state index in [1.165, 1.54) is 45.1 Å². The number of methoxy groups -OCH3 is 1. The van der Waals surface area contributed by atoms with Crippen LogP contribution in [0, 0.1) is 30.0 Å². The third kappa shape index (κ3) is 15.8. The molecule has 5 nitrogen and oxygen atoms in total. The van der Waals surface area contributed by atoms with E-state index < -0.39 is 18.0 Å². The molecule has 9 heteroatoms. The van der Waals surface area contributed by atoms with Crippen molar-refractivity contribution in [2.45, 2.75) is 98.7 Å². The summed E-state index contributed by atoms with van der Waals surface area (Å²) >= 11 is 0. The average molecular weight is 556 g/mol. The molecule has 1 aromatic heterocycles. The van der Waals surface area contributed by atoms with Crippen molar-refractivity contribution in [3.05, 3.63) is 53.1 Å². The Hall–Kier alpha value is -3.15. The summed E-state index contributed by atoms with van der Waals surface area (Å²) in [6.07, 6.45) is 4.73. The van der Waals surface area contributed by atoms with Gasteiger partial charge in [-0.1, -0.05) is 53.4 Å². The highest BCUT2D eigenvalue weighted by Crippen LogP contribution is 2.30. The van der Waals surface area contributed by atoms with Gasteiger partial charge in [0.25, 0.3) is 0 Å². The summed E-state index contributed by atoms with van der Waals surface area (Å²) < 4.78 is 55.1. The molecule has 1 atom stereocenters. The molecular formula is C30H45F4N3O2. The number of ether oxygens (including phenoxy) is 1. The molecule has 39 heavy (non-hydrogen) atoms. The van der Waals surface area contributed by atoms with Gasteiger partial charge in [-0.25, -0.2) is 4.39 Å². The number of carbonyl (C=O) groups excluding carboxylic acids is 1. The lowest BCUT2D eigenvalue weighted by atomic mass is 9.82. The zero-order chi connectivity index (χ0) is 30.4. The number of halogens is 4. The molecule has 0 spiro atoms. The average Bonchev–Trinajstić information content (AvgIpc) is 2.89. The second kappa shape index (κ2) is 21.7. The van der Waals surface area contributed by atoms with E-state index in [9.17, 15) is 17.6 Å². The molecule has 1 saturated carbocycles. The van der Waals surface area contributed by atoms with Crippen LogP contribution in [-0.2, 0) is 17.6 Å². The lowest BCUT2D eigenvalue weighted by Gasteiger charge is -2.24. The number of aryl methyl sites for hydroxylation is 2. The molecule has 0 radical (unpaired) electrons. The minimum Gasteiger partial charge on any atom is -0.494 e. The molecular weight excluding hydrogens is 510 g/mol. The topological polar surface area (TPSA) is 75.0 Å². The molecule has 3 rings (SSSR count). The van der Waals surface area contributed by atoms with E-state index in [2.05, 4.69) is 24.1 Å². The Balaban J connectivity index is 0. The molecule has 220 valence electrons. The van der Waals surface area contributed by atoms with Gasteiger partial charge in [-0.15, -0.1) is 0 Å². The maximum absolute atomic E-state index is 13.1. The zero-order valence-corrected chi connectivity index (χ0v) is 24.4. The summed E-state index contributed by atoms with van der Waals surface area (Å²) in [7, 11) is 1.42. The van der Waals surface area contributed by atoms with Crippen molar-refractivity contribution in [2.24, 2.45) is 5.92 Å². The van der Waals surface area contributed by atoms with E-state index in [0.717, 1.165) is 36.9 Å². The molecule has 1 fully saturated rings. The molecule has 2 aromatic rings. The SMILES string of the molecule is C=O.CC.CC(Nc1ccc(CCC2CCC2)nc1)C(F)(F)F.CCC.COc1cc(C)c(CC#N)cc1F. The number of carbonyl (C=O) groups is 1. The first kappa shape index (κ1) is 38.0. The second-order valence-electron chi connectivity index (χ2n) is 8.74. The number of benzene rings is 1. The number of nitrogens with zero attached hydrogens (tertiary/aromatic N) is 2. The number of nitrogens with one attached hydrogen (secondary N) is 1. The van der Waals surface area contributed by atoms with E-state index in [-0.39, 0.29) is 12.2 Å². The van der Waals surface area contributed by atoms with Crippen molar-refractivity contribution >= 4 is 12.5 Å². The van der Waals surface area contributed by atoms with Crippen LogP contribution in [0.1, 0.15) is 83.5 Å². The normalized spacial score (nSPS) is 12.6. The Morgan fingerprint density at radius 1 is 1.21 bits per heavy atom. The Labute approximate surface area is 232 Å². The van der Waals surface area contributed by atoms with Gasteiger partial charge < -0.3 is 14.8 Å². The highest BCUT2D eigenvalue weighted by atomic mass is 19.4. The molecule has 1 aliphatic carbocycles. The Bertz CT molecular complexity index is 941. The first-order chi connectivity index (χ1) is 18.5. The molecule has 0 aliphatic heterocycles. The molecule has 1 heterocycles. The predicted octanol–water partition coefficient (Wildman–Crippen LogP) is 8.64. The van der Waals surface area contributed by atoms with E-state index in [1.54, 1.807) is 12.1 Å². The summed E-state index contributed by atoms with van der Waals surface area (Å²) in [5, 5.41) is 10.9. The van der Waals surface area contributed by atoms with Gasteiger partial charge in [0.05, 0.1) is 31.5 Å². The van der Waals surface area contributed by atoms with E-state index in [4.69, 9.17) is 14.8 Å². The molecule has 0 bridgehead atoms.